The highest BCUT2D eigenvalue weighted by Gasteiger charge is 2.21. The number of nitrogen functional groups attached to an aromatic ring is 1. The van der Waals surface area contributed by atoms with Crippen molar-refractivity contribution in [3.8, 4) is 0 Å². The number of hydrogen-bond donors (Lipinski definition) is 1. The molecule has 3 rings (SSSR count). The van der Waals surface area contributed by atoms with Crippen molar-refractivity contribution in [2.24, 2.45) is 7.05 Å². The van der Waals surface area contributed by atoms with Gasteiger partial charge in [-0.25, -0.2) is 4.98 Å². The number of aryl methyl sites for hydroxylation is 1. The molecule has 1 aromatic heterocycles. The van der Waals surface area contributed by atoms with Crippen LogP contribution in [0.1, 0.15) is 17.0 Å². The summed E-state index contributed by atoms with van der Waals surface area (Å²) in [5, 5.41) is 4.29. The molecule has 0 saturated heterocycles. The Hall–Kier alpha value is -1.88. The molecule has 88 valence electrons. The van der Waals surface area contributed by atoms with E-state index in [1.54, 1.807) is 11.0 Å². The highest BCUT2D eigenvalue weighted by Crippen LogP contribution is 2.27. The molecule has 5 heteroatoms. The number of benzene rings is 1. The van der Waals surface area contributed by atoms with Gasteiger partial charge in [0.15, 0.2) is 5.82 Å². The Balaban J connectivity index is 1.76. The summed E-state index contributed by atoms with van der Waals surface area (Å²) in [5.41, 5.74) is 9.43. The number of fused-ring (bicyclic) bond motifs is 1. The van der Waals surface area contributed by atoms with Crippen LogP contribution in [0.3, 0.4) is 0 Å². The molecule has 5 nitrogen and oxygen atoms in total. The Morgan fingerprint density at radius 2 is 2.24 bits per heavy atom. The van der Waals surface area contributed by atoms with Gasteiger partial charge in [0.25, 0.3) is 0 Å². The van der Waals surface area contributed by atoms with Gasteiger partial charge >= 0.3 is 0 Å². The summed E-state index contributed by atoms with van der Waals surface area (Å²) in [5.74, 6) is 0.860. The third-order valence-corrected chi connectivity index (χ3v) is 3.10. The zero-order valence-electron chi connectivity index (χ0n) is 9.80. The molecule has 2 N–H and O–H groups in total. The van der Waals surface area contributed by atoms with Crippen LogP contribution < -0.4 is 5.73 Å². The number of aromatic nitrogens is 3. The molecule has 0 spiro atoms. The fraction of sp³-hybridized carbons (Fsp3) is 0.333. The number of anilines is 1. The van der Waals surface area contributed by atoms with E-state index < -0.39 is 0 Å². The quantitative estimate of drug-likeness (QED) is 0.778. The molecule has 2 heterocycles. The summed E-state index contributed by atoms with van der Waals surface area (Å²) in [4.78, 5) is 6.55. The second-order valence-corrected chi connectivity index (χ2v) is 4.46. The summed E-state index contributed by atoms with van der Waals surface area (Å²) in [6, 6.07) is 6.11. The molecule has 0 unspecified atom stereocenters. The highest BCUT2D eigenvalue weighted by atomic mass is 15.3. The van der Waals surface area contributed by atoms with Crippen LogP contribution in [0.2, 0.25) is 0 Å². The summed E-state index contributed by atoms with van der Waals surface area (Å²) in [6.45, 7) is 2.59. The number of nitrogens with zero attached hydrogens (tertiary/aromatic N) is 4. The molecule has 0 aliphatic carbocycles. The maximum absolute atomic E-state index is 5.97. The summed E-state index contributed by atoms with van der Waals surface area (Å²) in [7, 11) is 1.88. The Morgan fingerprint density at radius 3 is 2.94 bits per heavy atom. The lowest BCUT2D eigenvalue weighted by molar-refractivity contribution is 0.268. The molecule has 1 aromatic carbocycles. The molecule has 0 radical (unpaired) electrons. The molecule has 0 saturated carbocycles. The van der Waals surface area contributed by atoms with Crippen LogP contribution in [0.15, 0.2) is 24.5 Å². The van der Waals surface area contributed by atoms with Gasteiger partial charge < -0.3 is 5.73 Å². The standard InChI is InChI=1S/C12H15N5/c1-16-8-14-12(15-16)7-17-5-9-3-2-4-11(13)10(9)6-17/h2-4,8H,5-7,13H2,1H3. The van der Waals surface area contributed by atoms with Crippen LogP contribution in [0.5, 0.6) is 0 Å². The predicted octanol–water partition coefficient (Wildman–Crippen LogP) is 0.913. The first-order valence-electron chi connectivity index (χ1n) is 5.65. The van der Waals surface area contributed by atoms with Crippen LogP contribution in [0, 0.1) is 0 Å². The Labute approximate surface area is 99.9 Å². The zero-order valence-corrected chi connectivity index (χ0v) is 9.80. The van der Waals surface area contributed by atoms with Crippen molar-refractivity contribution in [2.45, 2.75) is 19.6 Å². The van der Waals surface area contributed by atoms with Gasteiger partial charge in [0.05, 0.1) is 6.54 Å². The number of hydrogen-bond acceptors (Lipinski definition) is 4. The van der Waals surface area contributed by atoms with Crippen LogP contribution in [0.4, 0.5) is 5.69 Å². The third kappa shape index (κ3) is 1.89. The maximum Gasteiger partial charge on any atom is 0.164 e. The maximum atomic E-state index is 5.97. The van der Waals surface area contributed by atoms with Gasteiger partial charge in [0, 0.05) is 25.8 Å². The molecule has 1 aliphatic heterocycles. The van der Waals surface area contributed by atoms with E-state index in [0.29, 0.717) is 0 Å². The van der Waals surface area contributed by atoms with Crippen molar-refractivity contribution >= 4 is 5.69 Å². The fourth-order valence-electron chi connectivity index (χ4n) is 2.28. The van der Waals surface area contributed by atoms with E-state index in [1.165, 1.54) is 11.1 Å². The lowest BCUT2D eigenvalue weighted by Gasteiger charge is -2.11. The van der Waals surface area contributed by atoms with Crippen LogP contribution in [-0.4, -0.2) is 19.7 Å². The van der Waals surface area contributed by atoms with Crippen LogP contribution in [0.25, 0.3) is 0 Å². The normalized spacial score (nSPS) is 15.1. The second kappa shape index (κ2) is 3.85. The van der Waals surface area contributed by atoms with Gasteiger partial charge in [-0.2, -0.15) is 5.10 Å². The van der Waals surface area contributed by atoms with Crippen molar-refractivity contribution in [2.75, 3.05) is 5.73 Å². The molecule has 0 fully saturated rings. The fourth-order valence-corrected chi connectivity index (χ4v) is 2.28. The minimum atomic E-state index is 0.773. The van der Waals surface area contributed by atoms with E-state index in [-0.39, 0.29) is 0 Å². The van der Waals surface area contributed by atoms with Gasteiger partial charge in [0.2, 0.25) is 0 Å². The van der Waals surface area contributed by atoms with Gasteiger partial charge in [0.1, 0.15) is 6.33 Å². The van der Waals surface area contributed by atoms with Gasteiger partial charge in [-0.15, -0.1) is 0 Å². The van der Waals surface area contributed by atoms with E-state index in [0.717, 1.165) is 31.1 Å². The Kier molecular flexibility index (Phi) is 2.33. The smallest absolute Gasteiger partial charge is 0.164 e. The number of nitrogens with two attached hydrogens (primary N) is 1. The molecule has 0 bridgehead atoms. The average Bonchev–Trinajstić information content (AvgIpc) is 2.86. The number of rotatable bonds is 2. The lowest BCUT2D eigenvalue weighted by atomic mass is 10.1. The largest absolute Gasteiger partial charge is 0.398 e. The van der Waals surface area contributed by atoms with Crippen molar-refractivity contribution in [3.63, 3.8) is 0 Å². The van der Waals surface area contributed by atoms with Crippen molar-refractivity contribution < 1.29 is 0 Å². The highest BCUT2D eigenvalue weighted by molar-refractivity contribution is 5.52. The summed E-state index contributed by atoms with van der Waals surface area (Å²) >= 11 is 0. The molecule has 0 atom stereocenters. The van der Waals surface area contributed by atoms with E-state index >= 15 is 0 Å². The van der Waals surface area contributed by atoms with Gasteiger partial charge in [-0.1, -0.05) is 12.1 Å². The summed E-state index contributed by atoms with van der Waals surface area (Å²) in [6.07, 6.45) is 1.73. The molecule has 0 amide bonds. The SMILES string of the molecule is Cn1cnc(CN2Cc3cccc(N)c3C2)n1. The van der Waals surface area contributed by atoms with Crippen molar-refractivity contribution in [1.29, 1.82) is 0 Å². The second-order valence-electron chi connectivity index (χ2n) is 4.46. The van der Waals surface area contributed by atoms with E-state index in [1.807, 2.05) is 19.2 Å². The molecular weight excluding hydrogens is 214 g/mol. The molecule has 17 heavy (non-hydrogen) atoms. The molecular formula is C12H15N5. The van der Waals surface area contributed by atoms with Crippen molar-refractivity contribution in [1.82, 2.24) is 19.7 Å². The molecule has 1 aliphatic rings. The van der Waals surface area contributed by atoms with E-state index in [4.69, 9.17) is 5.73 Å². The van der Waals surface area contributed by atoms with Crippen LogP contribution in [-0.2, 0) is 26.7 Å². The monoisotopic (exact) mass is 229 g/mol. The first-order valence-corrected chi connectivity index (χ1v) is 5.65. The van der Waals surface area contributed by atoms with Gasteiger partial charge in [-0.3, -0.25) is 9.58 Å². The average molecular weight is 229 g/mol. The zero-order chi connectivity index (χ0) is 11.8. The lowest BCUT2D eigenvalue weighted by Crippen LogP contribution is -2.16. The summed E-state index contributed by atoms with van der Waals surface area (Å²) < 4.78 is 1.73. The van der Waals surface area contributed by atoms with E-state index in [2.05, 4.69) is 21.0 Å². The third-order valence-electron chi connectivity index (χ3n) is 3.10. The van der Waals surface area contributed by atoms with Gasteiger partial charge in [-0.05, 0) is 17.2 Å². The van der Waals surface area contributed by atoms with E-state index in [9.17, 15) is 0 Å². The van der Waals surface area contributed by atoms with Crippen LogP contribution >= 0.6 is 0 Å². The molecule has 2 aromatic rings. The predicted molar refractivity (Wildman–Crippen MR) is 64.8 cm³/mol. The first kappa shape index (κ1) is 10.3. The Bertz CT molecular complexity index is 546. The topological polar surface area (TPSA) is 60.0 Å². The van der Waals surface area contributed by atoms with Crippen molar-refractivity contribution in [3.05, 3.63) is 41.5 Å². The minimum absolute atomic E-state index is 0.773. The Morgan fingerprint density at radius 1 is 1.35 bits per heavy atom. The first-order chi connectivity index (χ1) is 8.22. The minimum Gasteiger partial charge on any atom is -0.398 e.